The van der Waals surface area contributed by atoms with Gasteiger partial charge in [0.2, 0.25) is 0 Å². The number of carbonyl (C=O) groups is 1. The number of piperidine rings is 1. The Bertz CT molecular complexity index is 754. The van der Waals surface area contributed by atoms with Crippen LogP contribution < -0.4 is 15.5 Å². The highest BCUT2D eigenvalue weighted by atomic mass is 32.1. The summed E-state index contributed by atoms with van der Waals surface area (Å²) in [7, 11) is 0. The number of nitrogens with zero attached hydrogens (tertiary/aromatic N) is 2. The van der Waals surface area contributed by atoms with Gasteiger partial charge in [-0.15, -0.1) is 0 Å². The standard InChI is InChI=1S/C22H32N4OS/c1-5-25(6-2)18-12-10-17(11-13-18)20-19(16(4)23-22(28)24-20)21(27)26-14-8-7-9-15(26)3/h10-13,15,20H,5-9,14H2,1-4H3,(H2,23,24,28). The number of anilines is 1. The minimum atomic E-state index is -0.221. The van der Waals surface area contributed by atoms with Crippen LogP contribution in [0.5, 0.6) is 0 Å². The molecule has 2 heterocycles. The van der Waals surface area contributed by atoms with Gasteiger partial charge in [-0.25, -0.2) is 0 Å². The van der Waals surface area contributed by atoms with Gasteiger partial charge >= 0.3 is 0 Å². The van der Waals surface area contributed by atoms with Crippen LogP contribution in [0.25, 0.3) is 0 Å². The zero-order valence-electron chi connectivity index (χ0n) is 17.4. The summed E-state index contributed by atoms with van der Waals surface area (Å²) in [6.07, 6.45) is 3.34. The number of rotatable bonds is 5. The molecule has 1 saturated heterocycles. The number of carbonyl (C=O) groups excluding carboxylic acids is 1. The molecule has 2 unspecified atom stereocenters. The number of likely N-dealkylation sites (tertiary alicyclic amines) is 1. The third kappa shape index (κ3) is 4.17. The molecule has 2 N–H and O–H groups in total. The van der Waals surface area contributed by atoms with Gasteiger partial charge in [-0.2, -0.15) is 0 Å². The van der Waals surface area contributed by atoms with Crippen LogP contribution in [-0.2, 0) is 4.79 Å². The molecule has 0 aromatic heterocycles. The highest BCUT2D eigenvalue weighted by Gasteiger charge is 2.34. The first kappa shape index (κ1) is 20.6. The molecule has 1 fully saturated rings. The maximum absolute atomic E-state index is 13.5. The molecule has 3 rings (SSSR count). The van der Waals surface area contributed by atoms with Crippen molar-refractivity contribution in [1.82, 2.24) is 15.5 Å². The normalized spacial score (nSPS) is 22.6. The van der Waals surface area contributed by atoms with E-state index in [4.69, 9.17) is 12.2 Å². The lowest BCUT2D eigenvalue weighted by molar-refractivity contribution is -0.130. The second-order valence-electron chi connectivity index (χ2n) is 7.68. The highest BCUT2D eigenvalue weighted by Crippen LogP contribution is 2.31. The number of benzene rings is 1. The van der Waals surface area contributed by atoms with Crippen molar-refractivity contribution in [2.45, 2.75) is 59.0 Å². The van der Waals surface area contributed by atoms with Crippen molar-refractivity contribution in [2.75, 3.05) is 24.5 Å². The third-order valence-electron chi connectivity index (χ3n) is 5.92. The fourth-order valence-corrected chi connectivity index (χ4v) is 4.52. The van der Waals surface area contributed by atoms with Crippen molar-refractivity contribution in [2.24, 2.45) is 0 Å². The molecule has 2 aliphatic heterocycles. The Morgan fingerprint density at radius 3 is 2.50 bits per heavy atom. The number of amides is 1. The van der Waals surface area contributed by atoms with Crippen LogP contribution in [0.1, 0.15) is 58.6 Å². The van der Waals surface area contributed by atoms with Gasteiger partial charge in [-0.3, -0.25) is 4.79 Å². The van der Waals surface area contributed by atoms with Crippen LogP contribution in [-0.4, -0.2) is 41.6 Å². The minimum absolute atomic E-state index is 0.116. The van der Waals surface area contributed by atoms with Crippen molar-refractivity contribution in [3.8, 4) is 0 Å². The average Bonchev–Trinajstić information content (AvgIpc) is 2.69. The zero-order valence-corrected chi connectivity index (χ0v) is 18.2. The molecule has 0 radical (unpaired) electrons. The first-order valence-electron chi connectivity index (χ1n) is 10.4. The van der Waals surface area contributed by atoms with Crippen LogP contribution >= 0.6 is 12.2 Å². The Kier molecular flexibility index (Phi) is 6.60. The summed E-state index contributed by atoms with van der Waals surface area (Å²) in [4.78, 5) is 17.8. The van der Waals surface area contributed by atoms with Gasteiger partial charge in [-0.05, 0) is 76.9 Å². The number of nitrogens with one attached hydrogen (secondary N) is 2. The molecule has 0 bridgehead atoms. The predicted octanol–water partition coefficient (Wildman–Crippen LogP) is 3.73. The van der Waals surface area contributed by atoms with Crippen LogP contribution in [0.3, 0.4) is 0 Å². The fourth-order valence-electron chi connectivity index (χ4n) is 4.25. The Labute approximate surface area is 174 Å². The van der Waals surface area contributed by atoms with Gasteiger partial charge in [0.15, 0.2) is 5.11 Å². The van der Waals surface area contributed by atoms with Gasteiger partial charge in [0, 0.05) is 37.1 Å². The van der Waals surface area contributed by atoms with Crippen LogP contribution in [0.2, 0.25) is 0 Å². The van der Waals surface area contributed by atoms with Crippen molar-refractivity contribution in [1.29, 1.82) is 0 Å². The van der Waals surface area contributed by atoms with E-state index < -0.39 is 0 Å². The van der Waals surface area contributed by atoms with E-state index in [1.807, 2.05) is 11.8 Å². The maximum atomic E-state index is 13.5. The van der Waals surface area contributed by atoms with E-state index in [0.717, 1.165) is 49.3 Å². The van der Waals surface area contributed by atoms with Crippen molar-refractivity contribution in [3.05, 3.63) is 41.1 Å². The van der Waals surface area contributed by atoms with E-state index in [1.165, 1.54) is 12.1 Å². The molecule has 5 nitrogen and oxygen atoms in total. The summed E-state index contributed by atoms with van der Waals surface area (Å²) in [5.74, 6) is 0.116. The maximum Gasteiger partial charge on any atom is 0.254 e. The van der Waals surface area contributed by atoms with Gasteiger partial charge in [0.05, 0.1) is 11.6 Å². The summed E-state index contributed by atoms with van der Waals surface area (Å²) in [6, 6.07) is 8.55. The van der Waals surface area contributed by atoms with Gasteiger partial charge in [0.25, 0.3) is 5.91 Å². The molecule has 0 aliphatic carbocycles. The largest absolute Gasteiger partial charge is 0.372 e. The van der Waals surface area contributed by atoms with Crippen LogP contribution in [0.15, 0.2) is 35.5 Å². The zero-order chi connectivity index (χ0) is 20.3. The molecule has 28 heavy (non-hydrogen) atoms. The van der Waals surface area contributed by atoms with E-state index in [2.05, 4.69) is 60.6 Å². The number of hydrogen-bond acceptors (Lipinski definition) is 3. The summed E-state index contributed by atoms with van der Waals surface area (Å²) in [5, 5.41) is 7.05. The number of allylic oxidation sites excluding steroid dienone is 1. The van der Waals surface area contributed by atoms with E-state index in [1.54, 1.807) is 0 Å². The second-order valence-corrected chi connectivity index (χ2v) is 8.09. The van der Waals surface area contributed by atoms with Crippen molar-refractivity contribution in [3.63, 3.8) is 0 Å². The second kappa shape index (κ2) is 8.95. The molecule has 0 saturated carbocycles. The Morgan fingerprint density at radius 2 is 1.89 bits per heavy atom. The summed E-state index contributed by atoms with van der Waals surface area (Å²) in [5.41, 5.74) is 3.89. The number of hydrogen-bond donors (Lipinski definition) is 2. The summed E-state index contributed by atoms with van der Waals surface area (Å²) >= 11 is 5.39. The lowest BCUT2D eigenvalue weighted by atomic mass is 9.92. The van der Waals surface area contributed by atoms with Crippen LogP contribution in [0, 0.1) is 0 Å². The molecule has 1 amide bonds. The van der Waals surface area contributed by atoms with Crippen molar-refractivity contribution >= 4 is 28.9 Å². The number of thiocarbonyl (C=S) groups is 1. The Hall–Kier alpha value is -2.08. The molecule has 1 aromatic carbocycles. The monoisotopic (exact) mass is 400 g/mol. The molecular formula is C22H32N4OS. The first-order valence-corrected chi connectivity index (χ1v) is 10.8. The summed E-state index contributed by atoms with van der Waals surface area (Å²) < 4.78 is 0. The molecule has 6 heteroatoms. The predicted molar refractivity (Wildman–Crippen MR) is 119 cm³/mol. The first-order chi connectivity index (χ1) is 13.5. The highest BCUT2D eigenvalue weighted by molar-refractivity contribution is 7.80. The Balaban J connectivity index is 1.92. The van der Waals surface area contributed by atoms with E-state index >= 15 is 0 Å². The molecular weight excluding hydrogens is 368 g/mol. The lowest BCUT2D eigenvalue weighted by Crippen LogP contribution is -2.50. The van der Waals surface area contributed by atoms with E-state index in [0.29, 0.717) is 5.11 Å². The SMILES string of the molecule is CCN(CC)c1ccc(C2NC(=S)NC(C)=C2C(=O)N2CCCCC2C)cc1. The average molecular weight is 401 g/mol. The van der Waals surface area contributed by atoms with E-state index in [9.17, 15) is 4.79 Å². The molecule has 2 aliphatic rings. The molecule has 152 valence electrons. The summed E-state index contributed by atoms with van der Waals surface area (Å²) in [6.45, 7) is 11.2. The molecule has 2 atom stereocenters. The van der Waals surface area contributed by atoms with Crippen LogP contribution in [0.4, 0.5) is 5.69 Å². The third-order valence-corrected chi connectivity index (χ3v) is 6.14. The molecule has 0 spiro atoms. The smallest absolute Gasteiger partial charge is 0.254 e. The molecule has 1 aromatic rings. The van der Waals surface area contributed by atoms with Gasteiger partial charge < -0.3 is 20.4 Å². The van der Waals surface area contributed by atoms with E-state index in [-0.39, 0.29) is 18.0 Å². The lowest BCUT2D eigenvalue weighted by Gasteiger charge is -2.38. The minimum Gasteiger partial charge on any atom is -0.372 e. The quantitative estimate of drug-likeness (QED) is 0.738. The Morgan fingerprint density at radius 1 is 1.21 bits per heavy atom. The van der Waals surface area contributed by atoms with Gasteiger partial charge in [0.1, 0.15) is 0 Å². The van der Waals surface area contributed by atoms with Crippen molar-refractivity contribution < 1.29 is 4.79 Å². The fraction of sp³-hybridized carbons (Fsp3) is 0.545. The van der Waals surface area contributed by atoms with Gasteiger partial charge in [-0.1, -0.05) is 12.1 Å². The topological polar surface area (TPSA) is 47.6 Å².